The van der Waals surface area contributed by atoms with Crippen molar-refractivity contribution in [2.24, 2.45) is 0 Å². The molecule has 2 N–H and O–H groups in total. The average Bonchev–Trinajstić information content (AvgIpc) is 3.11. The molecule has 1 aliphatic rings. The Labute approximate surface area is 171 Å². The first-order chi connectivity index (χ1) is 13.6. The number of H-pyrrole nitrogens is 1. The Morgan fingerprint density at radius 3 is 3.04 bits per heavy atom. The number of aromatic amines is 1. The molecule has 28 heavy (non-hydrogen) atoms. The number of aromatic nitrogens is 2. The highest BCUT2D eigenvalue weighted by Crippen LogP contribution is 2.28. The smallest absolute Gasteiger partial charge is 0.268 e. The largest absolute Gasteiger partial charge is 0.349 e. The number of carbonyl (C=O) groups excluding carboxylic acids is 2. The Morgan fingerprint density at radius 2 is 2.21 bits per heavy atom. The minimum atomic E-state index is -0.600. The molecule has 1 aliphatic heterocycles. The van der Waals surface area contributed by atoms with Gasteiger partial charge < -0.3 is 15.2 Å². The van der Waals surface area contributed by atoms with Crippen LogP contribution >= 0.6 is 23.4 Å². The lowest BCUT2D eigenvalue weighted by Gasteiger charge is -2.34. The summed E-state index contributed by atoms with van der Waals surface area (Å²) in [5, 5.41) is 4.05. The fourth-order valence-electron chi connectivity index (χ4n) is 3.45. The van der Waals surface area contributed by atoms with Crippen LogP contribution in [-0.2, 0) is 11.2 Å². The van der Waals surface area contributed by atoms with Gasteiger partial charge in [0.15, 0.2) is 0 Å². The topological polar surface area (TPSA) is 78.1 Å². The van der Waals surface area contributed by atoms with Gasteiger partial charge in [0.2, 0.25) is 5.91 Å². The van der Waals surface area contributed by atoms with Crippen molar-refractivity contribution in [1.29, 1.82) is 0 Å². The molecule has 1 atom stereocenters. The minimum absolute atomic E-state index is 0.0816. The van der Waals surface area contributed by atoms with Crippen molar-refractivity contribution >= 4 is 51.8 Å². The van der Waals surface area contributed by atoms with Gasteiger partial charge in [0.05, 0.1) is 11.7 Å². The first-order valence-electron chi connectivity index (χ1n) is 8.90. The molecule has 4 rings (SSSR count). The Bertz CT molecular complexity index is 1050. The summed E-state index contributed by atoms with van der Waals surface area (Å²) in [6.45, 7) is 0.611. The normalized spacial score (nSPS) is 16.3. The first kappa shape index (κ1) is 18.8. The van der Waals surface area contributed by atoms with Crippen LogP contribution in [0.4, 0.5) is 5.69 Å². The lowest BCUT2D eigenvalue weighted by atomic mass is 9.97. The van der Waals surface area contributed by atoms with Crippen LogP contribution in [0.15, 0.2) is 42.6 Å². The van der Waals surface area contributed by atoms with Crippen LogP contribution in [0.25, 0.3) is 10.9 Å². The van der Waals surface area contributed by atoms with E-state index in [0.29, 0.717) is 23.8 Å². The Hall–Kier alpha value is -2.51. The molecular weight excluding hydrogens is 396 g/mol. The third kappa shape index (κ3) is 3.59. The Balaban J connectivity index is 1.58. The van der Waals surface area contributed by atoms with Crippen molar-refractivity contribution in [3.8, 4) is 0 Å². The Morgan fingerprint density at radius 1 is 1.39 bits per heavy atom. The van der Waals surface area contributed by atoms with Gasteiger partial charge in [-0.2, -0.15) is 11.8 Å². The van der Waals surface area contributed by atoms with Gasteiger partial charge in [-0.25, -0.2) is 4.98 Å². The second-order valence-corrected chi connectivity index (χ2v) is 7.99. The van der Waals surface area contributed by atoms with E-state index in [1.807, 2.05) is 30.5 Å². The van der Waals surface area contributed by atoms with E-state index in [2.05, 4.69) is 15.3 Å². The maximum Gasteiger partial charge on any atom is 0.268 e. The van der Waals surface area contributed by atoms with Crippen molar-refractivity contribution < 1.29 is 9.59 Å². The zero-order chi connectivity index (χ0) is 19.7. The zero-order valence-electron chi connectivity index (χ0n) is 15.2. The summed E-state index contributed by atoms with van der Waals surface area (Å²) in [4.78, 5) is 34.6. The molecule has 6 nitrogen and oxygen atoms in total. The number of carbonyl (C=O) groups is 2. The number of pyridine rings is 1. The van der Waals surface area contributed by atoms with Crippen LogP contribution in [0.3, 0.4) is 0 Å². The molecule has 2 amide bonds. The number of amides is 2. The van der Waals surface area contributed by atoms with Crippen LogP contribution in [0.5, 0.6) is 0 Å². The maximum absolute atomic E-state index is 13.0. The number of thioether (sulfide) groups is 1. The molecule has 0 aliphatic carbocycles. The first-order valence-corrected chi connectivity index (χ1v) is 10.7. The number of fused-ring (bicyclic) bond motifs is 2. The number of nitrogens with zero attached hydrogens (tertiary/aromatic N) is 2. The van der Waals surface area contributed by atoms with Crippen molar-refractivity contribution in [3.05, 3.63) is 59.0 Å². The fraction of sp³-hybridized carbons (Fsp3) is 0.250. The molecule has 0 fully saturated rings. The zero-order valence-corrected chi connectivity index (χ0v) is 16.8. The number of rotatable bonds is 5. The second kappa shape index (κ2) is 7.85. The second-order valence-electron chi connectivity index (χ2n) is 6.62. The van der Waals surface area contributed by atoms with Crippen LogP contribution < -0.4 is 10.2 Å². The SMILES string of the molecule is CSCCN1C(=O)C(NC(=O)c2cc3cc(Cl)ncc3[nH]2)Cc2ccccc21. The standard InChI is InChI=1S/C20H19ClN4O2S/c1-28-7-6-25-17-5-3-2-4-12(17)8-15(20(25)27)24-19(26)14-9-13-10-18(21)22-11-16(13)23-14/h2-5,9-11,15,23H,6-8H2,1H3,(H,24,26). The molecule has 144 valence electrons. The molecule has 2 aromatic heterocycles. The van der Waals surface area contributed by atoms with Gasteiger partial charge >= 0.3 is 0 Å². The van der Waals surface area contributed by atoms with Gasteiger partial charge in [0.1, 0.15) is 16.9 Å². The van der Waals surface area contributed by atoms with Gasteiger partial charge in [-0.15, -0.1) is 0 Å². The third-order valence-electron chi connectivity index (χ3n) is 4.81. The van der Waals surface area contributed by atoms with Gasteiger partial charge in [-0.3, -0.25) is 9.59 Å². The van der Waals surface area contributed by atoms with Crippen molar-refractivity contribution in [2.75, 3.05) is 23.5 Å². The van der Waals surface area contributed by atoms with Gasteiger partial charge in [-0.1, -0.05) is 29.8 Å². The van der Waals surface area contributed by atoms with E-state index in [1.54, 1.807) is 35.0 Å². The molecule has 0 saturated carbocycles. The molecule has 0 spiro atoms. The summed E-state index contributed by atoms with van der Waals surface area (Å²) < 4.78 is 0. The van der Waals surface area contributed by atoms with E-state index in [-0.39, 0.29) is 11.8 Å². The highest BCUT2D eigenvalue weighted by molar-refractivity contribution is 7.98. The Kier molecular flexibility index (Phi) is 5.28. The molecule has 8 heteroatoms. The summed E-state index contributed by atoms with van der Waals surface area (Å²) >= 11 is 7.59. The van der Waals surface area contributed by atoms with E-state index >= 15 is 0 Å². The summed E-state index contributed by atoms with van der Waals surface area (Å²) in [7, 11) is 0. The molecule has 0 radical (unpaired) electrons. The molecule has 1 aromatic carbocycles. The van der Waals surface area contributed by atoms with E-state index in [9.17, 15) is 9.59 Å². The van der Waals surface area contributed by atoms with E-state index in [1.165, 1.54) is 0 Å². The fourth-order valence-corrected chi connectivity index (χ4v) is 3.98. The van der Waals surface area contributed by atoms with E-state index in [0.717, 1.165) is 27.9 Å². The molecular formula is C20H19ClN4O2S. The highest BCUT2D eigenvalue weighted by Gasteiger charge is 2.33. The van der Waals surface area contributed by atoms with Crippen LogP contribution in [0.1, 0.15) is 16.1 Å². The molecule has 0 bridgehead atoms. The van der Waals surface area contributed by atoms with Crippen molar-refractivity contribution in [3.63, 3.8) is 0 Å². The lowest BCUT2D eigenvalue weighted by molar-refractivity contribution is -0.120. The van der Waals surface area contributed by atoms with Gasteiger partial charge in [-0.05, 0) is 30.0 Å². The van der Waals surface area contributed by atoms with E-state index in [4.69, 9.17) is 11.6 Å². The van der Waals surface area contributed by atoms with E-state index < -0.39 is 6.04 Å². The predicted molar refractivity (Wildman–Crippen MR) is 113 cm³/mol. The third-order valence-corrected chi connectivity index (χ3v) is 5.61. The number of hydrogen-bond acceptors (Lipinski definition) is 4. The number of halogens is 1. The summed E-state index contributed by atoms with van der Waals surface area (Å²) in [5.74, 6) is 0.424. The number of anilines is 1. The monoisotopic (exact) mass is 414 g/mol. The number of hydrogen-bond donors (Lipinski definition) is 2. The van der Waals surface area contributed by atoms with Crippen LogP contribution in [-0.4, -0.2) is 46.4 Å². The summed E-state index contributed by atoms with van der Waals surface area (Å²) in [5.41, 5.74) is 3.08. The molecule has 0 saturated heterocycles. The van der Waals surface area contributed by atoms with Crippen molar-refractivity contribution in [1.82, 2.24) is 15.3 Å². The summed E-state index contributed by atoms with van der Waals surface area (Å²) in [6.07, 6.45) is 4.07. The number of para-hydroxylation sites is 1. The molecule has 3 heterocycles. The predicted octanol–water partition coefficient (Wildman–Crippen LogP) is 3.27. The molecule has 1 unspecified atom stereocenters. The van der Waals surface area contributed by atoms with Crippen molar-refractivity contribution in [2.45, 2.75) is 12.5 Å². The maximum atomic E-state index is 13.0. The van der Waals surface area contributed by atoms with Gasteiger partial charge in [0, 0.05) is 29.8 Å². The minimum Gasteiger partial charge on any atom is -0.349 e. The quantitative estimate of drug-likeness (QED) is 0.628. The lowest BCUT2D eigenvalue weighted by Crippen LogP contribution is -2.53. The number of benzene rings is 1. The van der Waals surface area contributed by atoms with Crippen LogP contribution in [0, 0.1) is 0 Å². The highest BCUT2D eigenvalue weighted by atomic mass is 35.5. The average molecular weight is 415 g/mol. The summed E-state index contributed by atoms with van der Waals surface area (Å²) in [6, 6.07) is 10.7. The van der Waals surface area contributed by atoms with Crippen LogP contribution in [0.2, 0.25) is 5.15 Å². The molecule has 3 aromatic rings. The number of nitrogens with one attached hydrogen (secondary N) is 2. The van der Waals surface area contributed by atoms with Gasteiger partial charge in [0.25, 0.3) is 5.91 Å².